The van der Waals surface area contributed by atoms with Gasteiger partial charge in [0.2, 0.25) is 0 Å². The van der Waals surface area contributed by atoms with Crippen LogP contribution < -0.4 is 9.61 Å². The molecule has 22 heavy (non-hydrogen) atoms. The number of hydrogen-bond donors (Lipinski definition) is 0. The van der Waals surface area contributed by atoms with Crippen LogP contribution in [0.1, 0.15) is 12.8 Å². The molecule has 1 fully saturated rings. The van der Waals surface area contributed by atoms with Gasteiger partial charge >= 0.3 is 4.87 Å². The average Bonchev–Trinajstić information content (AvgIpc) is 3.31. The molecule has 0 spiro atoms. The quantitative estimate of drug-likeness (QED) is 0.725. The van der Waals surface area contributed by atoms with E-state index in [9.17, 15) is 4.79 Å². The number of thiazole rings is 1. The van der Waals surface area contributed by atoms with Gasteiger partial charge in [0.05, 0.1) is 17.3 Å². The van der Waals surface area contributed by atoms with Crippen molar-refractivity contribution in [3.8, 4) is 16.9 Å². The molecule has 2 aromatic carbocycles. The summed E-state index contributed by atoms with van der Waals surface area (Å²) in [6, 6.07) is 14.2. The molecule has 4 heteroatoms. The molecule has 0 saturated heterocycles. The zero-order valence-electron chi connectivity index (χ0n) is 12.4. The minimum atomic E-state index is 0.152. The molecule has 0 atom stereocenters. The van der Waals surface area contributed by atoms with E-state index in [-0.39, 0.29) is 4.87 Å². The van der Waals surface area contributed by atoms with Crippen molar-refractivity contribution in [2.45, 2.75) is 19.4 Å². The Morgan fingerprint density at radius 2 is 2.05 bits per heavy atom. The third-order valence-electron chi connectivity index (χ3n) is 4.22. The molecule has 0 radical (unpaired) electrons. The Morgan fingerprint density at radius 3 is 2.82 bits per heavy atom. The number of benzene rings is 2. The number of aromatic nitrogens is 1. The molecule has 0 aliphatic heterocycles. The monoisotopic (exact) mass is 311 g/mol. The maximum Gasteiger partial charge on any atom is 0.308 e. The van der Waals surface area contributed by atoms with Crippen molar-refractivity contribution in [3.63, 3.8) is 0 Å². The summed E-state index contributed by atoms with van der Waals surface area (Å²) >= 11 is 1.34. The van der Waals surface area contributed by atoms with Gasteiger partial charge in [-0.1, -0.05) is 35.6 Å². The summed E-state index contributed by atoms with van der Waals surface area (Å²) in [6.45, 7) is 0.868. The number of nitrogens with zero attached hydrogens (tertiary/aromatic N) is 1. The van der Waals surface area contributed by atoms with Crippen LogP contribution in [0.3, 0.4) is 0 Å². The molecule has 1 aromatic heterocycles. The first-order chi connectivity index (χ1) is 10.8. The molecular weight excluding hydrogens is 294 g/mol. The lowest BCUT2D eigenvalue weighted by Gasteiger charge is -2.08. The summed E-state index contributed by atoms with van der Waals surface area (Å²) < 4.78 is 8.42. The number of methoxy groups -OCH3 is 1. The van der Waals surface area contributed by atoms with E-state index >= 15 is 0 Å². The number of para-hydroxylation sites is 1. The third-order valence-corrected chi connectivity index (χ3v) is 5.17. The molecular formula is C18H17NO2S. The van der Waals surface area contributed by atoms with Gasteiger partial charge in [0.1, 0.15) is 5.75 Å². The summed E-state index contributed by atoms with van der Waals surface area (Å²) in [5.41, 5.74) is 3.20. The summed E-state index contributed by atoms with van der Waals surface area (Å²) in [6.07, 6.45) is 2.51. The summed E-state index contributed by atoms with van der Waals surface area (Å²) in [5, 5.41) is 0. The first-order valence-corrected chi connectivity index (χ1v) is 8.34. The topological polar surface area (TPSA) is 31.2 Å². The molecule has 4 rings (SSSR count). The van der Waals surface area contributed by atoms with Crippen LogP contribution in [0.15, 0.2) is 47.3 Å². The number of hydrogen-bond acceptors (Lipinski definition) is 3. The van der Waals surface area contributed by atoms with Crippen LogP contribution in [0, 0.1) is 5.92 Å². The van der Waals surface area contributed by atoms with Crippen molar-refractivity contribution in [2.75, 3.05) is 7.11 Å². The number of fused-ring (bicyclic) bond motifs is 1. The second-order valence-electron chi connectivity index (χ2n) is 5.80. The molecule has 0 bridgehead atoms. The molecule has 1 heterocycles. The summed E-state index contributed by atoms with van der Waals surface area (Å²) in [7, 11) is 1.68. The van der Waals surface area contributed by atoms with Crippen molar-refractivity contribution in [2.24, 2.45) is 5.92 Å². The molecule has 0 unspecified atom stereocenters. The van der Waals surface area contributed by atoms with Gasteiger partial charge in [0.25, 0.3) is 0 Å². The first kappa shape index (κ1) is 13.6. The minimum Gasteiger partial charge on any atom is -0.496 e. The maximum absolute atomic E-state index is 12.2. The maximum atomic E-state index is 12.2. The molecule has 3 aromatic rings. The van der Waals surface area contributed by atoms with Crippen LogP contribution in [0.2, 0.25) is 0 Å². The normalized spacial score (nSPS) is 14.4. The Balaban J connectivity index is 1.82. The predicted molar refractivity (Wildman–Crippen MR) is 90.8 cm³/mol. The first-order valence-electron chi connectivity index (χ1n) is 7.53. The lowest BCUT2D eigenvalue weighted by molar-refractivity contribution is 0.416. The largest absolute Gasteiger partial charge is 0.496 e. The standard InChI is InChI=1S/C18H17NO2S/c1-21-16-5-3-2-4-14(16)13-8-9-15-17(10-13)22-18(20)19(15)11-12-6-7-12/h2-5,8-10,12H,6-7,11H2,1H3. The second-order valence-corrected chi connectivity index (χ2v) is 6.80. The van der Waals surface area contributed by atoms with E-state index in [1.807, 2.05) is 28.8 Å². The van der Waals surface area contributed by atoms with E-state index in [1.54, 1.807) is 7.11 Å². The number of rotatable bonds is 4. The highest BCUT2D eigenvalue weighted by atomic mass is 32.1. The lowest BCUT2D eigenvalue weighted by Crippen LogP contribution is -2.13. The van der Waals surface area contributed by atoms with Crippen LogP contribution >= 0.6 is 11.3 Å². The van der Waals surface area contributed by atoms with E-state index in [0.29, 0.717) is 5.92 Å². The Morgan fingerprint density at radius 1 is 1.23 bits per heavy atom. The summed E-state index contributed by atoms with van der Waals surface area (Å²) in [4.78, 5) is 12.4. The Bertz CT molecular complexity index is 889. The molecule has 3 nitrogen and oxygen atoms in total. The highest BCUT2D eigenvalue weighted by Gasteiger charge is 2.23. The van der Waals surface area contributed by atoms with Gasteiger partial charge in [-0.15, -0.1) is 0 Å². The minimum absolute atomic E-state index is 0.152. The van der Waals surface area contributed by atoms with E-state index < -0.39 is 0 Å². The van der Waals surface area contributed by atoms with Crippen LogP contribution in [0.25, 0.3) is 21.3 Å². The third kappa shape index (κ3) is 2.33. The fraction of sp³-hybridized carbons (Fsp3) is 0.278. The summed E-state index contributed by atoms with van der Waals surface area (Å²) in [5.74, 6) is 1.55. The Kier molecular flexibility index (Phi) is 3.26. The van der Waals surface area contributed by atoms with Crippen molar-refractivity contribution in [3.05, 3.63) is 52.1 Å². The zero-order valence-corrected chi connectivity index (χ0v) is 13.2. The zero-order chi connectivity index (χ0) is 15.1. The van der Waals surface area contributed by atoms with Crippen LogP contribution in [0.5, 0.6) is 5.75 Å². The average molecular weight is 311 g/mol. The highest BCUT2D eigenvalue weighted by Crippen LogP contribution is 2.34. The van der Waals surface area contributed by atoms with Crippen LogP contribution in [-0.4, -0.2) is 11.7 Å². The van der Waals surface area contributed by atoms with E-state index in [1.165, 1.54) is 24.2 Å². The fourth-order valence-electron chi connectivity index (χ4n) is 2.85. The lowest BCUT2D eigenvalue weighted by atomic mass is 10.0. The van der Waals surface area contributed by atoms with Gasteiger partial charge < -0.3 is 4.74 Å². The Hall–Kier alpha value is -2.07. The second kappa shape index (κ2) is 5.29. The van der Waals surface area contributed by atoms with Crippen molar-refractivity contribution < 1.29 is 4.74 Å². The Labute approximate surface area is 132 Å². The molecule has 1 saturated carbocycles. The van der Waals surface area contributed by atoms with Crippen LogP contribution in [-0.2, 0) is 6.54 Å². The van der Waals surface area contributed by atoms with Crippen LogP contribution in [0.4, 0.5) is 0 Å². The molecule has 112 valence electrons. The van der Waals surface area contributed by atoms with E-state index in [0.717, 1.165) is 33.6 Å². The van der Waals surface area contributed by atoms with Gasteiger partial charge in [-0.25, -0.2) is 0 Å². The highest BCUT2D eigenvalue weighted by molar-refractivity contribution is 7.16. The van der Waals surface area contributed by atoms with Gasteiger partial charge in [0, 0.05) is 12.1 Å². The van der Waals surface area contributed by atoms with Gasteiger partial charge in [-0.05, 0) is 42.5 Å². The molecule has 0 N–H and O–H groups in total. The predicted octanol–water partition coefficient (Wildman–Crippen LogP) is 4.15. The van der Waals surface area contributed by atoms with Gasteiger partial charge in [-0.2, -0.15) is 0 Å². The smallest absolute Gasteiger partial charge is 0.308 e. The molecule has 1 aliphatic rings. The van der Waals surface area contributed by atoms with Gasteiger partial charge in [0.15, 0.2) is 0 Å². The SMILES string of the molecule is COc1ccccc1-c1ccc2c(c1)sc(=O)n2CC1CC1. The number of ether oxygens (including phenoxy) is 1. The van der Waals surface area contributed by atoms with E-state index in [2.05, 4.69) is 18.2 Å². The molecule has 1 aliphatic carbocycles. The fourth-order valence-corrected chi connectivity index (χ4v) is 3.79. The molecule has 0 amide bonds. The van der Waals surface area contributed by atoms with Crippen molar-refractivity contribution >= 4 is 21.6 Å². The van der Waals surface area contributed by atoms with Crippen molar-refractivity contribution in [1.82, 2.24) is 4.57 Å². The van der Waals surface area contributed by atoms with Gasteiger partial charge in [-0.3, -0.25) is 9.36 Å². The van der Waals surface area contributed by atoms with Crippen molar-refractivity contribution in [1.29, 1.82) is 0 Å². The van der Waals surface area contributed by atoms with E-state index in [4.69, 9.17) is 4.74 Å².